The average Bonchev–Trinajstić information content (AvgIpc) is 2.78. The molecule has 0 aliphatic heterocycles. The monoisotopic (exact) mass is 408 g/mol. The number of nitrogens with zero attached hydrogens (tertiary/aromatic N) is 5. The Morgan fingerprint density at radius 3 is 1.93 bits per heavy atom. The van der Waals surface area contributed by atoms with Crippen LogP contribution in [0.3, 0.4) is 0 Å². The number of aromatic nitrogens is 4. The summed E-state index contributed by atoms with van der Waals surface area (Å²) in [6.07, 6.45) is 11.0. The highest BCUT2D eigenvalue weighted by molar-refractivity contribution is 7.80. The number of carbonyl (C=O) groups excluding carboxylic acids is 1. The first kappa shape index (κ1) is 20.7. The van der Waals surface area contributed by atoms with E-state index in [4.69, 9.17) is 0 Å². The number of benzene rings is 1. The van der Waals surface area contributed by atoms with E-state index in [0.717, 1.165) is 37.1 Å². The summed E-state index contributed by atoms with van der Waals surface area (Å²) in [5.41, 5.74) is 1.37. The average molecular weight is 409 g/mol. The fraction of sp³-hybridized carbons (Fsp3) is 0.286. The lowest BCUT2D eigenvalue weighted by atomic mass is 10.1. The van der Waals surface area contributed by atoms with Crippen molar-refractivity contribution < 1.29 is 4.79 Å². The Morgan fingerprint density at radius 1 is 0.828 bits per heavy atom. The molecule has 0 radical (unpaired) electrons. The Morgan fingerprint density at radius 2 is 1.38 bits per heavy atom. The van der Waals surface area contributed by atoms with Crippen LogP contribution >= 0.6 is 12.6 Å². The number of hydrogen-bond acceptors (Lipinski definition) is 7. The maximum absolute atomic E-state index is 12.4. The summed E-state index contributed by atoms with van der Waals surface area (Å²) in [4.78, 5) is 31.4. The van der Waals surface area contributed by atoms with Gasteiger partial charge in [0.2, 0.25) is 11.9 Å². The van der Waals surface area contributed by atoms with Gasteiger partial charge in [-0.1, -0.05) is 12.8 Å². The van der Waals surface area contributed by atoms with E-state index < -0.39 is 0 Å². The zero-order chi connectivity index (χ0) is 20.3. The van der Waals surface area contributed by atoms with E-state index in [0.29, 0.717) is 24.0 Å². The Hall–Kier alpha value is -3.00. The van der Waals surface area contributed by atoms with E-state index in [-0.39, 0.29) is 5.91 Å². The standard InChI is InChI=1S/C21H24N6OS/c28-19(22-11-3-1-2-4-16-29)17-7-9-18(10-8-17)27(20-23-12-5-13-24-20)21-25-14-6-15-26-21/h5-10,12-15,29H,1-4,11,16H2,(H,22,28). The van der Waals surface area contributed by atoms with Crippen molar-refractivity contribution >= 4 is 36.1 Å². The van der Waals surface area contributed by atoms with E-state index >= 15 is 0 Å². The number of anilines is 3. The Bertz CT molecular complexity index is 837. The van der Waals surface area contributed by atoms with Gasteiger partial charge < -0.3 is 5.32 Å². The van der Waals surface area contributed by atoms with Crippen LogP contribution in [0.1, 0.15) is 36.0 Å². The second-order valence-electron chi connectivity index (χ2n) is 6.37. The van der Waals surface area contributed by atoms with E-state index in [1.165, 1.54) is 0 Å². The summed E-state index contributed by atoms with van der Waals surface area (Å²) in [5.74, 6) is 1.75. The van der Waals surface area contributed by atoms with Gasteiger partial charge in [-0.2, -0.15) is 12.6 Å². The molecule has 0 atom stereocenters. The van der Waals surface area contributed by atoms with Crippen LogP contribution in [0.2, 0.25) is 0 Å². The fourth-order valence-corrected chi connectivity index (χ4v) is 3.01. The van der Waals surface area contributed by atoms with Gasteiger partial charge in [0, 0.05) is 36.9 Å². The van der Waals surface area contributed by atoms with E-state index in [1.807, 2.05) is 12.1 Å². The first-order valence-corrected chi connectivity index (χ1v) is 10.3. The van der Waals surface area contributed by atoms with E-state index in [9.17, 15) is 4.79 Å². The van der Waals surface area contributed by atoms with Crippen molar-refractivity contribution in [3.05, 3.63) is 66.7 Å². The summed E-state index contributed by atoms with van der Waals surface area (Å²) < 4.78 is 0. The van der Waals surface area contributed by atoms with Crippen molar-refractivity contribution in [3.63, 3.8) is 0 Å². The predicted molar refractivity (Wildman–Crippen MR) is 117 cm³/mol. The molecule has 0 spiro atoms. The SMILES string of the molecule is O=C(NCCCCCCS)c1ccc(N(c2ncccn2)c2ncccn2)cc1. The lowest BCUT2D eigenvalue weighted by Crippen LogP contribution is -2.24. The number of unbranched alkanes of at least 4 members (excludes halogenated alkanes) is 3. The largest absolute Gasteiger partial charge is 0.352 e. The minimum absolute atomic E-state index is 0.0794. The van der Waals surface area contributed by atoms with Crippen LogP contribution in [0.4, 0.5) is 17.6 Å². The van der Waals surface area contributed by atoms with Crippen LogP contribution in [-0.4, -0.2) is 38.1 Å². The molecule has 7 nitrogen and oxygen atoms in total. The summed E-state index contributed by atoms with van der Waals surface area (Å²) in [6.45, 7) is 0.676. The Balaban J connectivity index is 1.69. The molecule has 0 aliphatic rings. The highest BCUT2D eigenvalue weighted by Gasteiger charge is 2.17. The summed E-state index contributed by atoms with van der Waals surface area (Å²) in [7, 11) is 0. The van der Waals surface area contributed by atoms with E-state index in [1.54, 1.807) is 54.0 Å². The summed E-state index contributed by atoms with van der Waals surface area (Å²) >= 11 is 4.21. The second kappa shape index (κ2) is 11.1. The second-order valence-corrected chi connectivity index (χ2v) is 6.82. The van der Waals surface area contributed by atoms with Crippen LogP contribution in [0.25, 0.3) is 0 Å². The highest BCUT2D eigenvalue weighted by Crippen LogP contribution is 2.28. The molecule has 150 valence electrons. The molecule has 3 aromatic rings. The van der Waals surface area contributed by atoms with Crippen molar-refractivity contribution in [2.75, 3.05) is 17.2 Å². The zero-order valence-corrected chi connectivity index (χ0v) is 17.0. The van der Waals surface area contributed by atoms with E-state index in [2.05, 4.69) is 37.9 Å². The number of carbonyl (C=O) groups is 1. The molecule has 2 heterocycles. The van der Waals surface area contributed by atoms with Gasteiger partial charge in [-0.3, -0.25) is 4.79 Å². The Labute approximate surface area is 176 Å². The molecule has 0 aliphatic carbocycles. The topological polar surface area (TPSA) is 83.9 Å². The number of hydrogen-bond donors (Lipinski definition) is 2. The van der Waals surface area contributed by atoms with Gasteiger partial charge in [0.25, 0.3) is 5.91 Å². The summed E-state index contributed by atoms with van der Waals surface area (Å²) in [6, 6.07) is 10.7. The maximum Gasteiger partial charge on any atom is 0.251 e. The third-order valence-corrected chi connectivity index (χ3v) is 4.58. The van der Waals surface area contributed by atoms with Crippen LogP contribution < -0.4 is 10.2 Å². The molecule has 0 bridgehead atoms. The van der Waals surface area contributed by atoms with Crippen LogP contribution in [0.5, 0.6) is 0 Å². The van der Waals surface area contributed by atoms with Gasteiger partial charge in [-0.05, 0) is 55.0 Å². The first-order valence-electron chi connectivity index (χ1n) is 9.63. The van der Waals surface area contributed by atoms with Crippen molar-refractivity contribution in [1.82, 2.24) is 25.3 Å². The number of nitrogens with one attached hydrogen (secondary N) is 1. The van der Waals surface area contributed by atoms with Crippen molar-refractivity contribution in [2.45, 2.75) is 25.7 Å². The molecule has 0 saturated carbocycles. The van der Waals surface area contributed by atoms with Crippen LogP contribution in [0, 0.1) is 0 Å². The number of thiol groups is 1. The molecule has 3 rings (SSSR count). The van der Waals surface area contributed by atoms with Gasteiger partial charge >= 0.3 is 0 Å². The molecule has 0 saturated heterocycles. The molecule has 2 aromatic heterocycles. The number of rotatable bonds is 10. The smallest absolute Gasteiger partial charge is 0.251 e. The molecular weight excluding hydrogens is 384 g/mol. The molecular formula is C21H24N6OS. The third-order valence-electron chi connectivity index (χ3n) is 4.26. The number of amides is 1. The van der Waals surface area contributed by atoms with Crippen LogP contribution in [-0.2, 0) is 0 Å². The molecule has 1 amide bonds. The van der Waals surface area contributed by atoms with Crippen molar-refractivity contribution in [1.29, 1.82) is 0 Å². The highest BCUT2D eigenvalue weighted by atomic mass is 32.1. The molecule has 8 heteroatoms. The first-order chi connectivity index (χ1) is 14.3. The van der Waals surface area contributed by atoms with Gasteiger partial charge in [0.15, 0.2) is 0 Å². The minimum atomic E-state index is -0.0794. The Kier molecular flexibility index (Phi) is 7.94. The minimum Gasteiger partial charge on any atom is -0.352 e. The lowest BCUT2D eigenvalue weighted by Gasteiger charge is -2.20. The quantitative estimate of drug-likeness (QED) is 0.390. The molecule has 29 heavy (non-hydrogen) atoms. The maximum atomic E-state index is 12.4. The lowest BCUT2D eigenvalue weighted by molar-refractivity contribution is 0.0953. The zero-order valence-electron chi connectivity index (χ0n) is 16.1. The third kappa shape index (κ3) is 5.99. The summed E-state index contributed by atoms with van der Waals surface area (Å²) in [5, 5.41) is 2.97. The van der Waals surface area contributed by atoms with Crippen molar-refractivity contribution in [3.8, 4) is 0 Å². The van der Waals surface area contributed by atoms with Gasteiger partial charge in [-0.25, -0.2) is 24.8 Å². The van der Waals surface area contributed by atoms with Crippen molar-refractivity contribution in [2.24, 2.45) is 0 Å². The fourth-order valence-electron chi connectivity index (χ4n) is 2.79. The molecule has 1 N–H and O–H groups in total. The molecule has 1 aromatic carbocycles. The van der Waals surface area contributed by atoms with Gasteiger partial charge in [0.1, 0.15) is 0 Å². The normalized spacial score (nSPS) is 10.5. The van der Waals surface area contributed by atoms with Gasteiger partial charge in [0.05, 0.1) is 5.69 Å². The molecule has 0 unspecified atom stereocenters. The van der Waals surface area contributed by atoms with Gasteiger partial charge in [-0.15, -0.1) is 0 Å². The molecule has 0 fully saturated rings. The predicted octanol–water partition coefficient (Wildman–Crippen LogP) is 3.96. The van der Waals surface area contributed by atoms with Crippen LogP contribution in [0.15, 0.2) is 61.2 Å².